The molecule has 11 heteroatoms. The van der Waals surface area contributed by atoms with Gasteiger partial charge < -0.3 is 20.1 Å². The number of carbonyl (C=O) groups is 2. The third-order valence-electron chi connectivity index (χ3n) is 4.13. The van der Waals surface area contributed by atoms with Crippen LogP contribution in [0.4, 0.5) is 11.4 Å². The molecule has 0 fully saturated rings. The van der Waals surface area contributed by atoms with Crippen molar-refractivity contribution in [2.75, 3.05) is 23.2 Å². The molecule has 3 aromatic rings. The highest BCUT2D eigenvalue weighted by atomic mass is 32.2. The van der Waals surface area contributed by atoms with Crippen LogP contribution in [0.1, 0.15) is 13.3 Å². The van der Waals surface area contributed by atoms with Gasteiger partial charge in [0.15, 0.2) is 11.5 Å². The Morgan fingerprint density at radius 3 is 2.63 bits per heavy atom. The van der Waals surface area contributed by atoms with Crippen molar-refractivity contribution < 1.29 is 19.1 Å². The van der Waals surface area contributed by atoms with Gasteiger partial charge in [-0.2, -0.15) is 4.68 Å². The predicted octanol–water partition coefficient (Wildman–Crippen LogP) is 2.47. The summed E-state index contributed by atoms with van der Waals surface area (Å²) in [6.07, 6.45) is 0.380. The molecule has 1 aliphatic heterocycles. The molecule has 2 aromatic carbocycles. The number of tetrazole rings is 1. The molecule has 0 aliphatic carbocycles. The van der Waals surface area contributed by atoms with E-state index in [1.807, 2.05) is 6.07 Å². The molecule has 2 heterocycles. The maximum Gasteiger partial charge on any atom is 0.234 e. The number of hydrogen-bond donors (Lipinski definition) is 2. The number of thioether (sulfide) groups is 1. The predicted molar refractivity (Wildman–Crippen MR) is 110 cm³/mol. The van der Waals surface area contributed by atoms with Crippen molar-refractivity contribution >= 4 is 35.0 Å². The zero-order valence-corrected chi connectivity index (χ0v) is 16.8. The van der Waals surface area contributed by atoms with Crippen molar-refractivity contribution in [3.63, 3.8) is 0 Å². The summed E-state index contributed by atoms with van der Waals surface area (Å²) in [6.45, 7) is 1.95. The van der Waals surface area contributed by atoms with Gasteiger partial charge in [-0.25, -0.2) is 0 Å². The van der Waals surface area contributed by atoms with Crippen LogP contribution >= 0.6 is 11.8 Å². The molecule has 0 atom stereocenters. The van der Waals surface area contributed by atoms with Crippen molar-refractivity contribution in [2.45, 2.75) is 18.5 Å². The molecule has 0 saturated heterocycles. The van der Waals surface area contributed by atoms with E-state index in [2.05, 4.69) is 26.2 Å². The van der Waals surface area contributed by atoms with Gasteiger partial charge in [-0.3, -0.25) is 9.59 Å². The zero-order chi connectivity index (χ0) is 20.9. The Hall–Kier alpha value is -3.60. The second-order valence-electron chi connectivity index (χ2n) is 6.23. The van der Waals surface area contributed by atoms with E-state index in [9.17, 15) is 9.59 Å². The molecule has 2 N–H and O–H groups in total. The summed E-state index contributed by atoms with van der Waals surface area (Å²) in [5.41, 5.74) is 1.91. The van der Waals surface area contributed by atoms with Crippen molar-refractivity contribution in [3.05, 3.63) is 42.5 Å². The Bertz CT molecular complexity index is 1090. The highest BCUT2D eigenvalue weighted by Gasteiger charge is 2.17. The lowest BCUT2D eigenvalue weighted by atomic mass is 10.2. The summed E-state index contributed by atoms with van der Waals surface area (Å²) < 4.78 is 12.2. The topological polar surface area (TPSA) is 120 Å². The van der Waals surface area contributed by atoms with Crippen LogP contribution in [0.3, 0.4) is 0 Å². The minimum atomic E-state index is -0.223. The molecular formula is C19H18N6O4S. The number of benzene rings is 2. The fourth-order valence-corrected chi connectivity index (χ4v) is 3.39. The van der Waals surface area contributed by atoms with Gasteiger partial charge >= 0.3 is 0 Å². The summed E-state index contributed by atoms with van der Waals surface area (Å²) in [5.74, 6) is 1.07. The molecule has 154 valence electrons. The number of fused-ring (bicyclic) bond motifs is 1. The van der Waals surface area contributed by atoms with Gasteiger partial charge in [-0.15, -0.1) is 5.10 Å². The summed E-state index contributed by atoms with van der Waals surface area (Å²) in [7, 11) is 0. The van der Waals surface area contributed by atoms with Gasteiger partial charge in [0.25, 0.3) is 0 Å². The number of ether oxygens (including phenoxy) is 2. The minimum Gasteiger partial charge on any atom is -0.454 e. The molecule has 4 rings (SSSR count). The summed E-state index contributed by atoms with van der Waals surface area (Å²) in [5, 5.41) is 17.7. The number of nitrogens with one attached hydrogen (secondary N) is 2. The van der Waals surface area contributed by atoms with E-state index >= 15 is 0 Å². The molecule has 1 aromatic heterocycles. The van der Waals surface area contributed by atoms with Crippen LogP contribution in [0.2, 0.25) is 0 Å². The van der Waals surface area contributed by atoms with E-state index in [0.29, 0.717) is 40.1 Å². The Labute approximate surface area is 175 Å². The van der Waals surface area contributed by atoms with Crippen molar-refractivity contribution in [1.29, 1.82) is 0 Å². The van der Waals surface area contributed by atoms with Gasteiger partial charge in [0.05, 0.1) is 11.4 Å². The second-order valence-corrected chi connectivity index (χ2v) is 7.17. The normalized spacial score (nSPS) is 11.9. The summed E-state index contributed by atoms with van der Waals surface area (Å²) >= 11 is 1.20. The first-order valence-corrected chi connectivity index (χ1v) is 10.1. The van der Waals surface area contributed by atoms with Gasteiger partial charge in [0, 0.05) is 23.9 Å². The number of nitrogens with zero attached hydrogens (tertiary/aromatic N) is 4. The average molecular weight is 426 g/mol. The molecule has 0 saturated carbocycles. The molecule has 1 aliphatic rings. The highest BCUT2D eigenvalue weighted by Crippen LogP contribution is 2.34. The number of hydrogen-bond acceptors (Lipinski definition) is 8. The van der Waals surface area contributed by atoms with Crippen LogP contribution in [0.5, 0.6) is 11.5 Å². The lowest BCUT2D eigenvalue weighted by Gasteiger charge is -2.08. The van der Waals surface area contributed by atoms with Crippen LogP contribution in [-0.4, -0.2) is 44.6 Å². The average Bonchev–Trinajstić information content (AvgIpc) is 3.41. The van der Waals surface area contributed by atoms with Crippen LogP contribution in [0.25, 0.3) is 5.69 Å². The molecule has 0 radical (unpaired) electrons. The van der Waals surface area contributed by atoms with Crippen molar-refractivity contribution in [1.82, 2.24) is 20.2 Å². The smallest absolute Gasteiger partial charge is 0.234 e. The van der Waals surface area contributed by atoms with Crippen LogP contribution in [0, 0.1) is 0 Å². The van der Waals surface area contributed by atoms with E-state index in [-0.39, 0.29) is 24.4 Å². The number of carbonyl (C=O) groups excluding carboxylic acids is 2. The number of rotatable bonds is 7. The van der Waals surface area contributed by atoms with Gasteiger partial charge in [-0.1, -0.05) is 24.8 Å². The van der Waals surface area contributed by atoms with Crippen LogP contribution in [0.15, 0.2) is 47.6 Å². The maximum atomic E-state index is 12.4. The first kappa shape index (κ1) is 19.7. The maximum absolute atomic E-state index is 12.4. The van der Waals surface area contributed by atoms with Gasteiger partial charge in [0.2, 0.25) is 23.8 Å². The summed E-state index contributed by atoms with van der Waals surface area (Å²) in [6, 6.07) is 12.3. The first-order chi connectivity index (χ1) is 14.6. The van der Waals surface area contributed by atoms with Crippen molar-refractivity contribution in [2.24, 2.45) is 0 Å². The third-order valence-corrected chi connectivity index (χ3v) is 5.04. The second kappa shape index (κ2) is 8.82. The first-order valence-electron chi connectivity index (χ1n) is 9.13. The molecule has 0 unspecified atom stereocenters. The quantitative estimate of drug-likeness (QED) is 0.553. The molecule has 2 amide bonds. The van der Waals surface area contributed by atoms with Gasteiger partial charge in [-0.05, 0) is 40.8 Å². The fourth-order valence-electron chi connectivity index (χ4n) is 2.70. The Balaban J connectivity index is 1.38. The largest absolute Gasteiger partial charge is 0.454 e. The van der Waals surface area contributed by atoms with E-state index in [0.717, 1.165) is 0 Å². The van der Waals surface area contributed by atoms with E-state index < -0.39 is 0 Å². The number of amides is 2. The molecular weight excluding hydrogens is 408 g/mol. The standard InChI is InChI=1S/C19H18N6O4S/c1-2-17(26)20-12-4-3-5-13(8-12)21-18(27)10-30-19-22-23-24-25(19)14-6-7-15-16(9-14)29-11-28-15/h3-9H,2,10-11H2,1H3,(H,20,26)(H,21,27). The monoisotopic (exact) mass is 426 g/mol. The SMILES string of the molecule is CCC(=O)Nc1cccc(NC(=O)CSc2nnnn2-c2ccc3c(c2)OCO3)c1. The highest BCUT2D eigenvalue weighted by molar-refractivity contribution is 7.99. The molecule has 10 nitrogen and oxygen atoms in total. The fraction of sp³-hybridized carbons (Fsp3) is 0.211. The Morgan fingerprint density at radius 2 is 1.83 bits per heavy atom. The Kier molecular flexibility index (Phi) is 5.80. The van der Waals surface area contributed by atoms with Gasteiger partial charge in [0.1, 0.15) is 0 Å². The van der Waals surface area contributed by atoms with E-state index in [1.54, 1.807) is 43.3 Å². The van der Waals surface area contributed by atoms with Crippen molar-refractivity contribution in [3.8, 4) is 17.2 Å². The zero-order valence-electron chi connectivity index (χ0n) is 16.0. The van der Waals surface area contributed by atoms with E-state index in [1.165, 1.54) is 16.4 Å². The minimum absolute atomic E-state index is 0.0932. The molecule has 30 heavy (non-hydrogen) atoms. The number of aromatic nitrogens is 4. The molecule has 0 bridgehead atoms. The number of anilines is 2. The summed E-state index contributed by atoms with van der Waals surface area (Å²) in [4.78, 5) is 23.9. The Morgan fingerprint density at radius 1 is 1.07 bits per heavy atom. The van der Waals surface area contributed by atoms with E-state index in [4.69, 9.17) is 9.47 Å². The van der Waals surface area contributed by atoms with Crippen LogP contribution < -0.4 is 20.1 Å². The lowest BCUT2D eigenvalue weighted by molar-refractivity contribution is -0.116. The van der Waals surface area contributed by atoms with Crippen LogP contribution in [-0.2, 0) is 9.59 Å². The lowest BCUT2D eigenvalue weighted by Crippen LogP contribution is -2.15. The third kappa shape index (κ3) is 4.51. The molecule has 0 spiro atoms.